The lowest BCUT2D eigenvalue weighted by molar-refractivity contribution is -0.114. The Kier molecular flexibility index (Phi) is 15.5. The Labute approximate surface area is 137 Å². The van der Waals surface area contributed by atoms with Gasteiger partial charge in [0.25, 0.3) is 0 Å². The number of nitrogens with zero attached hydrogens (tertiary/aromatic N) is 1. The Balaban J connectivity index is 0. The molecule has 0 N–H and O–H groups in total. The van der Waals surface area contributed by atoms with Crippen LogP contribution in [-0.2, 0) is 4.79 Å². The zero-order valence-electron chi connectivity index (χ0n) is 13.6. The summed E-state index contributed by atoms with van der Waals surface area (Å²) in [4.78, 5) is 15.8. The van der Waals surface area contributed by atoms with E-state index in [4.69, 9.17) is 0 Å². The first-order chi connectivity index (χ1) is 10.2. The molecule has 0 aliphatic rings. The van der Waals surface area contributed by atoms with Gasteiger partial charge in [0.05, 0.1) is 0 Å². The smallest absolute Gasteiger partial charge is 0.180 e. The maximum absolute atomic E-state index is 12.2. The van der Waals surface area contributed by atoms with Gasteiger partial charge in [0.2, 0.25) is 0 Å². The zero-order chi connectivity index (χ0) is 16.7. The van der Waals surface area contributed by atoms with E-state index < -0.39 is 0 Å². The number of allylic oxidation sites excluding steroid dienone is 5. The van der Waals surface area contributed by atoms with Crippen molar-refractivity contribution in [2.45, 2.75) is 39.4 Å². The average Bonchev–Trinajstić information content (AvgIpc) is 2.58. The number of carbonyl (C=O) groups is 1. The van der Waals surface area contributed by atoms with Crippen molar-refractivity contribution in [1.82, 2.24) is 4.98 Å². The monoisotopic (exact) mass is 351 g/mol. The lowest BCUT2D eigenvalue weighted by Crippen LogP contribution is -2.08. The second-order valence-corrected chi connectivity index (χ2v) is 4.28. The summed E-state index contributed by atoms with van der Waals surface area (Å²) in [6.07, 6.45) is 10.3. The molecule has 0 saturated carbocycles. The highest BCUT2D eigenvalue weighted by molar-refractivity contribution is 9.09. The molecule has 0 amide bonds. The number of ketones is 1. The van der Waals surface area contributed by atoms with E-state index in [-0.39, 0.29) is 10.6 Å². The molecule has 21 heavy (non-hydrogen) atoms. The Morgan fingerprint density at radius 2 is 1.76 bits per heavy atom. The van der Waals surface area contributed by atoms with Crippen molar-refractivity contribution in [3.8, 4) is 0 Å². The molecule has 0 radical (unpaired) electrons. The highest BCUT2D eigenvalue weighted by Gasteiger charge is 2.18. The Hall–Kier alpha value is -1.48. The van der Waals surface area contributed by atoms with Crippen LogP contribution in [0.15, 0.2) is 61.0 Å². The van der Waals surface area contributed by atoms with E-state index >= 15 is 0 Å². The van der Waals surface area contributed by atoms with Gasteiger partial charge in [-0.2, -0.15) is 0 Å². The maximum atomic E-state index is 12.2. The molecule has 1 rings (SSSR count). The standard InChI is InChI=1S/C14H14BrNO.2C2H6/c1-3-5-12(6-4-2)14(17)13(15)11-7-9-16-10-8-11;2*1-2/h3-10,13H,1H2,2H3;2*1-2H3/b6-4-,12-5+;;. The Morgan fingerprint density at radius 1 is 1.24 bits per heavy atom. The Morgan fingerprint density at radius 3 is 2.19 bits per heavy atom. The minimum Gasteiger partial charge on any atom is -0.293 e. The summed E-state index contributed by atoms with van der Waals surface area (Å²) < 4.78 is 0. The maximum Gasteiger partial charge on any atom is 0.180 e. The fourth-order valence-electron chi connectivity index (χ4n) is 1.36. The highest BCUT2D eigenvalue weighted by atomic mass is 79.9. The minimum absolute atomic E-state index is 0.00852. The molecule has 1 atom stereocenters. The van der Waals surface area contributed by atoms with E-state index in [0.29, 0.717) is 5.57 Å². The summed E-state index contributed by atoms with van der Waals surface area (Å²) in [6.45, 7) is 13.5. The normalized spacial score (nSPS) is 11.6. The number of pyridine rings is 1. The van der Waals surface area contributed by atoms with Crippen molar-refractivity contribution >= 4 is 21.7 Å². The number of halogens is 1. The first-order valence-electron chi connectivity index (χ1n) is 7.24. The van der Waals surface area contributed by atoms with Gasteiger partial charge in [0.1, 0.15) is 4.83 Å². The van der Waals surface area contributed by atoms with E-state index in [9.17, 15) is 4.79 Å². The second-order valence-electron chi connectivity index (χ2n) is 3.37. The number of carbonyl (C=O) groups excluding carboxylic acids is 1. The van der Waals surface area contributed by atoms with Crippen molar-refractivity contribution in [1.29, 1.82) is 0 Å². The van der Waals surface area contributed by atoms with Gasteiger partial charge >= 0.3 is 0 Å². The Bertz CT molecular complexity index is 450. The van der Waals surface area contributed by atoms with Crippen LogP contribution in [0.5, 0.6) is 0 Å². The molecule has 1 unspecified atom stereocenters. The summed E-state index contributed by atoms with van der Waals surface area (Å²) in [7, 11) is 0. The summed E-state index contributed by atoms with van der Waals surface area (Å²) >= 11 is 3.41. The third kappa shape index (κ3) is 8.41. The quantitative estimate of drug-likeness (QED) is 0.379. The molecule has 0 aliphatic heterocycles. The molecule has 3 heteroatoms. The SMILES string of the molecule is C=C/C=C(\C=C/C)C(=O)C(Br)c1ccncc1.CC.CC. The molecular weight excluding hydrogens is 326 g/mol. The number of hydrogen-bond acceptors (Lipinski definition) is 2. The second kappa shape index (κ2) is 14.9. The lowest BCUT2D eigenvalue weighted by atomic mass is 10.0. The molecule has 0 spiro atoms. The zero-order valence-corrected chi connectivity index (χ0v) is 15.2. The van der Waals surface area contributed by atoms with Gasteiger partial charge in [-0.15, -0.1) is 0 Å². The van der Waals surface area contributed by atoms with Gasteiger partial charge in [-0.3, -0.25) is 9.78 Å². The molecule has 1 aromatic rings. The number of aromatic nitrogens is 1. The van der Waals surface area contributed by atoms with Crippen molar-refractivity contribution in [2.24, 2.45) is 0 Å². The van der Waals surface area contributed by atoms with Crippen molar-refractivity contribution in [3.63, 3.8) is 0 Å². The van der Waals surface area contributed by atoms with E-state index in [1.807, 2.05) is 52.8 Å². The van der Waals surface area contributed by atoms with Crippen LogP contribution >= 0.6 is 15.9 Å². The van der Waals surface area contributed by atoms with Gasteiger partial charge in [0, 0.05) is 18.0 Å². The van der Waals surface area contributed by atoms with Crippen molar-refractivity contribution in [3.05, 3.63) is 66.5 Å². The highest BCUT2D eigenvalue weighted by Crippen LogP contribution is 2.26. The van der Waals surface area contributed by atoms with Crippen LogP contribution in [0.2, 0.25) is 0 Å². The molecule has 2 nitrogen and oxygen atoms in total. The number of alkyl halides is 1. The van der Waals surface area contributed by atoms with Gasteiger partial charge in [0.15, 0.2) is 5.78 Å². The van der Waals surface area contributed by atoms with E-state index in [1.165, 1.54) is 0 Å². The molecular formula is C18H26BrNO. The molecule has 0 bridgehead atoms. The molecule has 0 aliphatic carbocycles. The fourth-order valence-corrected chi connectivity index (χ4v) is 1.93. The predicted octanol–water partition coefficient (Wildman–Crippen LogP) is 5.83. The van der Waals surface area contributed by atoms with Crippen LogP contribution in [0.25, 0.3) is 0 Å². The molecule has 1 heterocycles. The molecule has 116 valence electrons. The van der Waals surface area contributed by atoms with Gasteiger partial charge in [-0.05, 0) is 24.6 Å². The third-order valence-electron chi connectivity index (χ3n) is 2.16. The van der Waals surface area contributed by atoms with Gasteiger partial charge in [-0.1, -0.05) is 74.5 Å². The van der Waals surface area contributed by atoms with E-state index in [2.05, 4.69) is 27.5 Å². The summed E-state index contributed by atoms with van der Waals surface area (Å²) in [6, 6.07) is 3.64. The minimum atomic E-state index is -0.354. The molecule has 0 fully saturated rings. The summed E-state index contributed by atoms with van der Waals surface area (Å²) in [5.41, 5.74) is 1.52. The number of rotatable bonds is 5. The van der Waals surface area contributed by atoms with E-state index in [1.54, 1.807) is 30.6 Å². The average molecular weight is 352 g/mol. The van der Waals surface area contributed by atoms with Crippen LogP contribution in [0, 0.1) is 0 Å². The third-order valence-corrected chi connectivity index (χ3v) is 3.10. The van der Waals surface area contributed by atoms with Crippen LogP contribution in [0.1, 0.15) is 45.0 Å². The topological polar surface area (TPSA) is 30.0 Å². The van der Waals surface area contributed by atoms with Crippen LogP contribution in [0.4, 0.5) is 0 Å². The fraction of sp³-hybridized carbons (Fsp3) is 0.333. The van der Waals surface area contributed by atoms with Crippen LogP contribution < -0.4 is 0 Å². The first kappa shape index (κ1) is 21.8. The first-order valence-corrected chi connectivity index (χ1v) is 8.16. The lowest BCUT2D eigenvalue weighted by Gasteiger charge is -2.09. The van der Waals surface area contributed by atoms with Crippen molar-refractivity contribution < 1.29 is 4.79 Å². The van der Waals surface area contributed by atoms with Crippen LogP contribution in [-0.4, -0.2) is 10.8 Å². The summed E-state index contributed by atoms with van der Waals surface area (Å²) in [5.74, 6) is 0.00852. The van der Waals surface area contributed by atoms with Gasteiger partial charge in [-0.25, -0.2) is 0 Å². The largest absolute Gasteiger partial charge is 0.293 e. The van der Waals surface area contributed by atoms with Crippen molar-refractivity contribution in [2.75, 3.05) is 0 Å². The number of hydrogen-bond donors (Lipinski definition) is 0. The van der Waals surface area contributed by atoms with Crippen LogP contribution in [0.3, 0.4) is 0 Å². The van der Waals surface area contributed by atoms with Gasteiger partial charge < -0.3 is 0 Å². The predicted molar refractivity (Wildman–Crippen MR) is 96.7 cm³/mol. The number of Topliss-reactive ketones (excluding diaryl/α,β-unsaturated/α-hetero) is 1. The molecule has 0 saturated heterocycles. The van der Waals surface area contributed by atoms with E-state index in [0.717, 1.165) is 5.56 Å². The summed E-state index contributed by atoms with van der Waals surface area (Å²) in [5, 5.41) is 0. The molecule has 0 aromatic carbocycles. The molecule has 1 aromatic heterocycles.